The van der Waals surface area contributed by atoms with E-state index < -0.39 is 0 Å². The first kappa shape index (κ1) is 17.4. The maximum Gasteiger partial charge on any atom is 0.287 e. The van der Waals surface area contributed by atoms with Gasteiger partial charge in [-0.3, -0.25) is 4.79 Å². The van der Waals surface area contributed by atoms with Gasteiger partial charge in [0.2, 0.25) is 0 Å². The molecule has 1 aliphatic carbocycles. The van der Waals surface area contributed by atoms with E-state index in [0.29, 0.717) is 17.6 Å². The molecule has 2 aromatic rings. The van der Waals surface area contributed by atoms with Crippen LogP contribution in [0.1, 0.15) is 48.2 Å². The van der Waals surface area contributed by atoms with Crippen molar-refractivity contribution in [2.75, 3.05) is 20.1 Å². The largest absolute Gasteiger partial charge is 0.451 e. The first-order chi connectivity index (χ1) is 11.8. The van der Waals surface area contributed by atoms with Crippen molar-refractivity contribution in [2.45, 2.75) is 43.1 Å². The van der Waals surface area contributed by atoms with Gasteiger partial charge in [-0.1, -0.05) is 37.5 Å². The Balaban J connectivity index is 1.77. The topological polar surface area (TPSA) is 54.3 Å². The van der Waals surface area contributed by atoms with Gasteiger partial charge in [-0.25, -0.2) is 0 Å². The molecule has 1 saturated carbocycles. The number of rotatable bonds is 7. The average molecular weight is 346 g/mol. The number of carbonyl (C=O) groups excluding carboxylic acids is 1. The molecule has 0 radical (unpaired) electrons. The van der Waals surface area contributed by atoms with E-state index in [1.54, 1.807) is 0 Å². The van der Waals surface area contributed by atoms with E-state index in [0.717, 1.165) is 28.8 Å². The second-order valence-corrected chi connectivity index (χ2v) is 7.63. The summed E-state index contributed by atoms with van der Waals surface area (Å²) in [5.41, 5.74) is 1.85. The van der Waals surface area contributed by atoms with Gasteiger partial charge in [-0.2, -0.15) is 11.8 Å². The van der Waals surface area contributed by atoms with Crippen molar-refractivity contribution in [1.82, 2.24) is 10.6 Å². The summed E-state index contributed by atoms with van der Waals surface area (Å²) in [5.74, 6) is 1.22. The van der Waals surface area contributed by atoms with Crippen molar-refractivity contribution >= 4 is 28.6 Å². The Morgan fingerprint density at radius 2 is 2.00 bits per heavy atom. The summed E-state index contributed by atoms with van der Waals surface area (Å²) in [7, 11) is 1.87. The Morgan fingerprint density at radius 1 is 1.21 bits per heavy atom. The lowest BCUT2D eigenvalue weighted by Gasteiger charge is -2.20. The fourth-order valence-corrected chi connectivity index (χ4v) is 4.60. The monoisotopic (exact) mass is 346 g/mol. The number of hydrogen-bond acceptors (Lipinski definition) is 4. The van der Waals surface area contributed by atoms with E-state index in [1.807, 2.05) is 37.0 Å². The number of thioether (sulfide) groups is 1. The van der Waals surface area contributed by atoms with Crippen LogP contribution in [0.15, 0.2) is 28.7 Å². The molecule has 0 saturated heterocycles. The Bertz CT molecular complexity index is 677. The summed E-state index contributed by atoms with van der Waals surface area (Å²) in [5, 5.41) is 7.75. The molecule has 1 aliphatic rings. The summed E-state index contributed by atoms with van der Waals surface area (Å²) >= 11 is 1.98. The summed E-state index contributed by atoms with van der Waals surface area (Å²) in [6.45, 7) is 1.35. The van der Waals surface area contributed by atoms with Gasteiger partial charge in [-0.05, 0) is 26.0 Å². The highest BCUT2D eigenvalue weighted by molar-refractivity contribution is 7.99. The lowest BCUT2D eigenvalue weighted by atomic mass is 10.0. The van der Waals surface area contributed by atoms with E-state index in [1.165, 1.54) is 32.1 Å². The second-order valence-electron chi connectivity index (χ2n) is 6.34. The zero-order chi connectivity index (χ0) is 16.8. The molecule has 3 rings (SSSR count). The minimum atomic E-state index is -0.110. The third-order valence-electron chi connectivity index (χ3n) is 4.58. The molecule has 0 atom stereocenters. The SMILES string of the molecule is CNCCNC(=O)c1oc2ccccc2c1CSC1CCCCC1. The minimum Gasteiger partial charge on any atom is -0.451 e. The number of fused-ring (bicyclic) bond motifs is 1. The Kier molecular flexibility index (Phi) is 6.21. The molecule has 0 bridgehead atoms. The molecule has 130 valence electrons. The van der Waals surface area contributed by atoms with Crippen LogP contribution in [0.2, 0.25) is 0 Å². The third kappa shape index (κ3) is 4.14. The molecular formula is C19H26N2O2S. The van der Waals surface area contributed by atoms with Crippen LogP contribution in [0.25, 0.3) is 11.0 Å². The lowest BCUT2D eigenvalue weighted by Crippen LogP contribution is -2.30. The van der Waals surface area contributed by atoms with Crippen molar-refractivity contribution in [1.29, 1.82) is 0 Å². The Morgan fingerprint density at radius 3 is 2.79 bits per heavy atom. The van der Waals surface area contributed by atoms with Crippen molar-refractivity contribution in [2.24, 2.45) is 0 Å². The molecule has 0 aliphatic heterocycles. The molecule has 0 unspecified atom stereocenters. The third-order valence-corrected chi connectivity index (χ3v) is 5.98. The van der Waals surface area contributed by atoms with Gasteiger partial charge in [0.25, 0.3) is 5.91 Å². The summed E-state index contributed by atoms with van der Waals surface area (Å²) < 4.78 is 5.89. The first-order valence-electron chi connectivity index (χ1n) is 8.84. The highest BCUT2D eigenvalue weighted by atomic mass is 32.2. The Labute approximate surface area is 147 Å². The van der Waals surface area contributed by atoms with E-state index >= 15 is 0 Å². The van der Waals surface area contributed by atoms with E-state index in [-0.39, 0.29) is 5.91 Å². The molecule has 1 aromatic heterocycles. The number of para-hydroxylation sites is 1. The van der Waals surface area contributed by atoms with Crippen LogP contribution in [0, 0.1) is 0 Å². The van der Waals surface area contributed by atoms with Gasteiger partial charge in [0.15, 0.2) is 5.76 Å². The van der Waals surface area contributed by atoms with E-state index in [4.69, 9.17) is 4.42 Å². The van der Waals surface area contributed by atoms with Crippen LogP contribution in [0.5, 0.6) is 0 Å². The standard InChI is InChI=1S/C19H26N2O2S/c1-20-11-12-21-19(22)18-16(13-24-14-7-3-2-4-8-14)15-9-5-6-10-17(15)23-18/h5-6,9-10,14,20H,2-4,7-8,11-13H2,1H3,(H,21,22). The van der Waals surface area contributed by atoms with Crippen molar-refractivity contribution < 1.29 is 9.21 Å². The average Bonchev–Trinajstić information content (AvgIpc) is 3.00. The molecule has 1 fully saturated rings. The summed E-state index contributed by atoms with van der Waals surface area (Å²) in [6, 6.07) is 7.95. The van der Waals surface area contributed by atoms with Gasteiger partial charge in [-0.15, -0.1) is 0 Å². The predicted octanol–water partition coefficient (Wildman–Crippen LogP) is 3.95. The van der Waals surface area contributed by atoms with Crippen LogP contribution < -0.4 is 10.6 Å². The fourth-order valence-electron chi connectivity index (χ4n) is 3.24. The van der Waals surface area contributed by atoms with E-state index in [9.17, 15) is 4.79 Å². The Hall–Kier alpha value is -1.46. The maximum absolute atomic E-state index is 12.5. The zero-order valence-corrected chi connectivity index (χ0v) is 15.1. The highest BCUT2D eigenvalue weighted by Crippen LogP contribution is 2.34. The number of carbonyl (C=O) groups is 1. The van der Waals surface area contributed by atoms with Gasteiger partial charge in [0, 0.05) is 35.0 Å². The number of benzene rings is 1. The van der Waals surface area contributed by atoms with Crippen LogP contribution in [0.3, 0.4) is 0 Å². The molecular weight excluding hydrogens is 320 g/mol. The van der Waals surface area contributed by atoms with Gasteiger partial charge < -0.3 is 15.1 Å². The molecule has 2 N–H and O–H groups in total. The van der Waals surface area contributed by atoms with Crippen LogP contribution in [-0.4, -0.2) is 31.3 Å². The van der Waals surface area contributed by atoms with Crippen LogP contribution in [-0.2, 0) is 5.75 Å². The van der Waals surface area contributed by atoms with Crippen molar-refractivity contribution in [3.63, 3.8) is 0 Å². The number of likely N-dealkylation sites (N-methyl/N-ethyl adjacent to an activating group) is 1. The molecule has 5 heteroatoms. The van der Waals surface area contributed by atoms with Crippen LogP contribution >= 0.6 is 11.8 Å². The summed E-state index contributed by atoms with van der Waals surface area (Å²) in [6.07, 6.45) is 6.63. The van der Waals surface area contributed by atoms with Gasteiger partial charge in [0.1, 0.15) is 5.58 Å². The number of nitrogens with one attached hydrogen (secondary N) is 2. The van der Waals surface area contributed by atoms with Crippen molar-refractivity contribution in [3.05, 3.63) is 35.6 Å². The van der Waals surface area contributed by atoms with Crippen molar-refractivity contribution in [3.8, 4) is 0 Å². The number of furan rings is 1. The molecule has 1 amide bonds. The minimum absolute atomic E-state index is 0.110. The number of amides is 1. The highest BCUT2D eigenvalue weighted by Gasteiger charge is 2.22. The van der Waals surface area contributed by atoms with Crippen LogP contribution in [0.4, 0.5) is 0 Å². The molecule has 4 nitrogen and oxygen atoms in total. The fraction of sp³-hybridized carbons (Fsp3) is 0.526. The maximum atomic E-state index is 12.5. The predicted molar refractivity (Wildman–Crippen MR) is 101 cm³/mol. The van der Waals surface area contributed by atoms with E-state index in [2.05, 4.69) is 16.7 Å². The lowest BCUT2D eigenvalue weighted by molar-refractivity contribution is 0.0927. The van der Waals surface area contributed by atoms with Gasteiger partial charge in [0.05, 0.1) is 0 Å². The number of hydrogen-bond donors (Lipinski definition) is 2. The smallest absolute Gasteiger partial charge is 0.287 e. The van der Waals surface area contributed by atoms with Gasteiger partial charge >= 0.3 is 0 Å². The quantitative estimate of drug-likeness (QED) is 0.746. The normalized spacial score (nSPS) is 15.7. The molecule has 1 heterocycles. The zero-order valence-electron chi connectivity index (χ0n) is 14.3. The molecule has 1 aromatic carbocycles. The second kappa shape index (κ2) is 8.58. The molecule has 24 heavy (non-hydrogen) atoms. The first-order valence-corrected chi connectivity index (χ1v) is 9.89. The molecule has 0 spiro atoms. The summed E-state index contributed by atoms with van der Waals surface area (Å²) in [4.78, 5) is 12.5.